The maximum absolute atomic E-state index is 12.4. The number of sulfone groups is 1. The molecule has 9 heteroatoms. The molecule has 27 heavy (non-hydrogen) atoms. The van der Waals surface area contributed by atoms with Gasteiger partial charge in [-0.25, -0.2) is 8.42 Å². The fourth-order valence-electron chi connectivity index (χ4n) is 3.51. The summed E-state index contributed by atoms with van der Waals surface area (Å²) in [5.74, 6) is -0.654. The molecule has 0 spiro atoms. The molecule has 2 heterocycles. The Balaban J connectivity index is 1.55. The molecular formula is C18H22ClNO6S. The van der Waals surface area contributed by atoms with Crippen LogP contribution in [0.3, 0.4) is 0 Å². The summed E-state index contributed by atoms with van der Waals surface area (Å²) in [4.78, 5) is 26.2. The number of halogens is 1. The van der Waals surface area contributed by atoms with Crippen molar-refractivity contribution in [2.24, 2.45) is 5.92 Å². The number of carbonyl (C=O) groups is 2. The molecule has 2 aliphatic rings. The van der Waals surface area contributed by atoms with Gasteiger partial charge in [0.2, 0.25) is 0 Å². The Bertz CT molecular complexity index is 840. The van der Waals surface area contributed by atoms with Gasteiger partial charge in [0.1, 0.15) is 12.4 Å². The second-order valence-corrected chi connectivity index (χ2v) is 9.47. The fourth-order valence-corrected chi connectivity index (χ4v) is 5.43. The van der Waals surface area contributed by atoms with Gasteiger partial charge in [0, 0.05) is 17.6 Å². The van der Waals surface area contributed by atoms with E-state index in [-0.39, 0.29) is 30.1 Å². The van der Waals surface area contributed by atoms with Gasteiger partial charge in [0.15, 0.2) is 16.4 Å². The zero-order chi connectivity index (χ0) is 19.6. The summed E-state index contributed by atoms with van der Waals surface area (Å²) in [6.07, 6.45) is 0.852. The molecule has 0 aromatic heterocycles. The highest BCUT2D eigenvalue weighted by molar-refractivity contribution is 7.91. The first-order valence-electron chi connectivity index (χ1n) is 8.87. The van der Waals surface area contributed by atoms with Gasteiger partial charge in [-0.3, -0.25) is 9.59 Å². The number of nitrogens with zero attached hydrogens (tertiary/aromatic N) is 1. The van der Waals surface area contributed by atoms with Crippen LogP contribution in [0.4, 0.5) is 0 Å². The van der Waals surface area contributed by atoms with Gasteiger partial charge < -0.3 is 14.4 Å². The van der Waals surface area contributed by atoms with Crippen molar-refractivity contribution < 1.29 is 27.5 Å². The van der Waals surface area contributed by atoms with Crippen LogP contribution in [0, 0.1) is 5.92 Å². The van der Waals surface area contributed by atoms with Gasteiger partial charge in [0.25, 0.3) is 5.91 Å². The Morgan fingerprint density at radius 1 is 1.37 bits per heavy atom. The lowest BCUT2D eigenvalue weighted by Gasteiger charge is -2.27. The average Bonchev–Trinajstić information content (AvgIpc) is 2.99. The molecule has 0 bridgehead atoms. The Hall–Kier alpha value is -1.80. The van der Waals surface area contributed by atoms with Crippen LogP contribution in [0.1, 0.15) is 18.9 Å². The summed E-state index contributed by atoms with van der Waals surface area (Å²) < 4.78 is 34.0. The van der Waals surface area contributed by atoms with E-state index in [0.717, 1.165) is 5.56 Å². The summed E-state index contributed by atoms with van der Waals surface area (Å²) in [7, 11) is -3.09. The third kappa shape index (κ3) is 4.73. The first-order chi connectivity index (χ1) is 12.8. The minimum Gasteiger partial charge on any atom is -0.492 e. The predicted octanol–water partition coefficient (Wildman–Crippen LogP) is 1.47. The van der Waals surface area contributed by atoms with E-state index in [1.807, 2.05) is 0 Å². The number of hydrogen-bond acceptors (Lipinski definition) is 6. The number of benzene rings is 1. The molecular weight excluding hydrogens is 394 g/mol. The van der Waals surface area contributed by atoms with Crippen LogP contribution in [0.25, 0.3) is 0 Å². The molecule has 0 N–H and O–H groups in total. The highest BCUT2D eigenvalue weighted by Crippen LogP contribution is 2.30. The molecule has 148 valence electrons. The van der Waals surface area contributed by atoms with Crippen molar-refractivity contribution in [3.05, 3.63) is 28.8 Å². The zero-order valence-corrected chi connectivity index (χ0v) is 16.6. The Kier molecular flexibility index (Phi) is 5.95. The van der Waals surface area contributed by atoms with Crippen molar-refractivity contribution in [3.63, 3.8) is 0 Å². The molecule has 0 aliphatic carbocycles. The molecule has 3 rings (SSSR count). The summed E-state index contributed by atoms with van der Waals surface area (Å²) in [6.45, 7) is 1.93. The molecule has 1 saturated heterocycles. The van der Waals surface area contributed by atoms with Crippen LogP contribution in [-0.2, 0) is 30.6 Å². The van der Waals surface area contributed by atoms with Gasteiger partial charge in [0.05, 0.1) is 17.4 Å². The highest BCUT2D eigenvalue weighted by atomic mass is 35.5. The molecule has 1 aromatic rings. The normalized spacial score (nSPS) is 23.2. The number of ether oxygens (including phenoxy) is 2. The van der Waals surface area contributed by atoms with Gasteiger partial charge in [-0.2, -0.15) is 0 Å². The second-order valence-electron chi connectivity index (χ2n) is 6.81. The van der Waals surface area contributed by atoms with Gasteiger partial charge >= 0.3 is 5.97 Å². The first kappa shape index (κ1) is 19.9. The molecule has 0 saturated carbocycles. The summed E-state index contributed by atoms with van der Waals surface area (Å²) >= 11 is 5.98. The van der Waals surface area contributed by atoms with Gasteiger partial charge in [-0.1, -0.05) is 11.6 Å². The van der Waals surface area contributed by atoms with Gasteiger partial charge in [-0.05, 0) is 43.5 Å². The Morgan fingerprint density at radius 2 is 2.15 bits per heavy atom. The second kappa shape index (κ2) is 8.06. The van der Waals surface area contributed by atoms with Crippen molar-refractivity contribution >= 4 is 33.3 Å². The van der Waals surface area contributed by atoms with E-state index in [1.54, 1.807) is 25.1 Å². The first-order valence-corrected chi connectivity index (χ1v) is 11.1. The molecule has 2 atom stereocenters. The fraction of sp³-hybridized carbons (Fsp3) is 0.556. The number of rotatable bonds is 5. The van der Waals surface area contributed by atoms with Crippen molar-refractivity contribution in [2.75, 3.05) is 31.3 Å². The van der Waals surface area contributed by atoms with E-state index in [9.17, 15) is 18.0 Å². The van der Waals surface area contributed by atoms with E-state index in [1.165, 1.54) is 4.90 Å². The third-order valence-corrected chi connectivity index (χ3v) is 6.90. The number of fused-ring (bicyclic) bond motifs is 1. The standard InChI is InChI=1S/C18H22ClNO6S/c1-2-20(15-5-6-27(23,24)11-15)17(21)10-26-18(22)13-7-12-8-14(19)3-4-16(12)25-9-13/h3-4,8,13,15H,2,5-7,9-11H2,1H3/t13-,15-/m1/s1. The quantitative estimate of drug-likeness (QED) is 0.676. The Labute approximate surface area is 163 Å². The SMILES string of the molecule is CCN(C(=O)COC(=O)[C@H]1COc2ccc(Cl)cc2C1)[C@@H]1CCS(=O)(=O)C1. The average molecular weight is 416 g/mol. The van der Waals surface area contributed by atoms with E-state index >= 15 is 0 Å². The lowest BCUT2D eigenvalue weighted by atomic mass is 9.97. The van der Waals surface area contributed by atoms with Crippen LogP contribution in [0.5, 0.6) is 5.75 Å². The van der Waals surface area contributed by atoms with E-state index in [4.69, 9.17) is 21.1 Å². The van der Waals surface area contributed by atoms with E-state index < -0.39 is 28.3 Å². The maximum Gasteiger partial charge on any atom is 0.313 e. The molecule has 0 unspecified atom stereocenters. The minimum absolute atomic E-state index is 0.0332. The third-order valence-electron chi connectivity index (χ3n) is 4.91. The highest BCUT2D eigenvalue weighted by Gasteiger charge is 2.34. The van der Waals surface area contributed by atoms with Crippen LogP contribution in [-0.4, -0.2) is 62.5 Å². The van der Waals surface area contributed by atoms with Crippen molar-refractivity contribution in [2.45, 2.75) is 25.8 Å². The lowest BCUT2D eigenvalue weighted by molar-refractivity contribution is -0.157. The summed E-state index contributed by atoms with van der Waals surface area (Å²) in [5, 5.41) is 0.562. The van der Waals surface area contributed by atoms with Crippen LogP contribution in [0.15, 0.2) is 18.2 Å². The van der Waals surface area contributed by atoms with E-state index in [2.05, 4.69) is 0 Å². The predicted molar refractivity (Wildman–Crippen MR) is 99.5 cm³/mol. The van der Waals surface area contributed by atoms with Crippen molar-refractivity contribution in [3.8, 4) is 5.75 Å². The van der Waals surface area contributed by atoms with Crippen molar-refractivity contribution in [1.82, 2.24) is 4.90 Å². The molecule has 0 radical (unpaired) electrons. The molecule has 1 fully saturated rings. The van der Waals surface area contributed by atoms with Crippen LogP contribution in [0.2, 0.25) is 5.02 Å². The number of hydrogen-bond donors (Lipinski definition) is 0. The van der Waals surface area contributed by atoms with Crippen LogP contribution >= 0.6 is 11.6 Å². The Morgan fingerprint density at radius 3 is 2.81 bits per heavy atom. The zero-order valence-electron chi connectivity index (χ0n) is 15.0. The van der Waals surface area contributed by atoms with Gasteiger partial charge in [-0.15, -0.1) is 0 Å². The smallest absolute Gasteiger partial charge is 0.313 e. The number of carbonyl (C=O) groups excluding carboxylic acids is 2. The van der Waals surface area contributed by atoms with E-state index in [0.29, 0.717) is 30.2 Å². The minimum atomic E-state index is -3.09. The number of amides is 1. The topological polar surface area (TPSA) is 90.0 Å². The monoisotopic (exact) mass is 415 g/mol. The molecule has 1 aromatic carbocycles. The molecule has 1 amide bonds. The summed E-state index contributed by atoms with van der Waals surface area (Å²) in [5.41, 5.74) is 0.827. The maximum atomic E-state index is 12.4. The number of esters is 1. The number of likely N-dealkylation sites (N-methyl/N-ethyl adjacent to an activating group) is 1. The van der Waals surface area contributed by atoms with Crippen LogP contribution < -0.4 is 4.74 Å². The van der Waals surface area contributed by atoms with Crippen molar-refractivity contribution in [1.29, 1.82) is 0 Å². The summed E-state index contributed by atoms with van der Waals surface area (Å²) in [6, 6.07) is 4.89. The largest absolute Gasteiger partial charge is 0.492 e. The molecule has 2 aliphatic heterocycles. The lowest BCUT2D eigenvalue weighted by Crippen LogP contribution is -2.43. The molecule has 7 nitrogen and oxygen atoms in total.